The van der Waals surface area contributed by atoms with Crippen LogP contribution >= 0.6 is 0 Å². The summed E-state index contributed by atoms with van der Waals surface area (Å²) < 4.78 is 22.9. The largest absolute Gasteiger partial charge is 0.398 e. The first-order valence-corrected chi connectivity index (χ1v) is 8.00. The normalized spacial score (nSPS) is 11.5. The van der Waals surface area contributed by atoms with Crippen molar-refractivity contribution in [1.82, 2.24) is 0 Å². The Bertz CT molecular complexity index is 689. The van der Waals surface area contributed by atoms with Crippen LogP contribution in [0.5, 0.6) is 0 Å². The van der Waals surface area contributed by atoms with Crippen molar-refractivity contribution < 1.29 is 8.42 Å². The van der Waals surface area contributed by atoms with Gasteiger partial charge >= 0.3 is 0 Å². The summed E-state index contributed by atoms with van der Waals surface area (Å²) in [5.41, 5.74) is 9.55. The van der Waals surface area contributed by atoms with E-state index < -0.39 is 9.84 Å². The molecule has 0 saturated heterocycles. The second kappa shape index (κ2) is 5.05. The lowest BCUT2D eigenvalue weighted by molar-refractivity contribution is 0.602. The molecular formula is C15H17NO2S. The zero-order valence-electron chi connectivity index (χ0n) is 11.1. The lowest BCUT2D eigenvalue weighted by Crippen LogP contribution is -1.99. The third kappa shape index (κ3) is 2.96. The van der Waals surface area contributed by atoms with E-state index in [0.29, 0.717) is 5.69 Å². The molecule has 2 N–H and O–H groups in total. The number of anilines is 1. The molecule has 0 aliphatic rings. The van der Waals surface area contributed by atoms with Crippen molar-refractivity contribution in [3.8, 4) is 11.1 Å². The summed E-state index contributed by atoms with van der Waals surface area (Å²) in [6, 6.07) is 13.0. The monoisotopic (exact) mass is 275 g/mol. The van der Waals surface area contributed by atoms with E-state index in [1.807, 2.05) is 12.1 Å². The number of benzene rings is 2. The lowest BCUT2D eigenvalue weighted by atomic mass is 10.0. The fraction of sp³-hybridized carbons (Fsp3) is 0.200. The van der Waals surface area contributed by atoms with E-state index >= 15 is 0 Å². The third-order valence-electron chi connectivity index (χ3n) is 3.12. The van der Waals surface area contributed by atoms with Crippen molar-refractivity contribution in [3.05, 3.63) is 48.0 Å². The van der Waals surface area contributed by atoms with Crippen LogP contribution in [-0.4, -0.2) is 14.7 Å². The highest BCUT2D eigenvalue weighted by atomic mass is 32.2. The molecular weight excluding hydrogens is 258 g/mol. The van der Waals surface area contributed by atoms with Crippen LogP contribution in [0.3, 0.4) is 0 Å². The van der Waals surface area contributed by atoms with Gasteiger partial charge in [-0.15, -0.1) is 0 Å². The molecule has 2 rings (SSSR count). The SMILES string of the molecule is CCc1ccc(-c2ccc(S(C)(=O)=O)cc2N)cc1. The quantitative estimate of drug-likeness (QED) is 0.876. The average Bonchev–Trinajstić information content (AvgIpc) is 2.38. The van der Waals surface area contributed by atoms with Crippen molar-refractivity contribution in [2.45, 2.75) is 18.2 Å². The first-order chi connectivity index (χ1) is 8.91. The molecule has 0 aliphatic heterocycles. The predicted octanol–water partition coefficient (Wildman–Crippen LogP) is 2.90. The van der Waals surface area contributed by atoms with Gasteiger partial charge in [0.15, 0.2) is 9.84 Å². The number of sulfone groups is 1. The molecule has 0 spiro atoms. The molecule has 4 heteroatoms. The maximum Gasteiger partial charge on any atom is 0.175 e. The van der Waals surface area contributed by atoms with Gasteiger partial charge in [-0.3, -0.25) is 0 Å². The Morgan fingerprint density at radius 2 is 1.68 bits per heavy atom. The molecule has 2 aromatic carbocycles. The van der Waals surface area contributed by atoms with Crippen LogP contribution < -0.4 is 5.73 Å². The van der Waals surface area contributed by atoms with Gasteiger partial charge in [-0.25, -0.2) is 8.42 Å². The van der Waals surface area contributed by atoms with Gasteiger partial charge in [0, 0.05) is 17.5 Å². The maximum absolute atomic E-state index is 11.5. The molecule has 0 unspecified atom stereocenters. The number of nitrogen functional groups attached to an aromatic ring is 1. The number of rotatable bonds is 3. The summed E-state index contributed by atoms with van der Waals surface area (Å²) >= 11 is 0. The number of aryl methyl sites for hydroxylation is 1. The fourth-order valence-electron chi connectivity index (χ4n) is 1.95. The highest BCUT2D eigenvalue weighted by Crippen LogP contribution is 2.28. The summed E-state index contributed by atoms with van der Waals surface area (Å²) in [5, 5.41) is 0. The number of hydrogen-bond acceptors (Lipinski definition) is 3. The molecule has 0 radical (unpaired) electrons. The van der Waals surface area contributed by atoms with Crippen molar-refractivity contribution in [1.29, 1.82) is 0 Å². The molecule has 0 saturated carbocycles. The average molecular weight is 275 g/mol. The minimum atomic E-state index is -3.21. The smallest absolute Gasteiger partial charge is 0.175 e. The predicted molar refractivity (Wildman–Crippen MR) is 78.8 cm³/mol. The van der Waals surface area contributed by atoms with Crippen molar-refractivity contribution in [2.24, 2.45) is 0 Å². The van der Waals surface area contributed by atoms with Crippen LogP contribution in [0.4, 0.5) is 5.69 Å². The van der Waals surface area contributed by atoms with Gasteiger partial charge in [0.1, 0.15) is 0 Å². The van der Waals surface area contributed by atoms with Crippen molar-refractivity contribution in [2.75, 3.05) is 12.0 Å². The third-order valence-corrected chi connectivity index (χ3v) is 4.23. The Morgan fingerprint density at radius 3 is 2.16 bits per heavy atom. The van der Waals surface area contributed by atoms with E-state index in [-0.39, 0.29) is 4.90 Å². The van der Waals surface area contributed by atoms with E-state index in [0.717, 1.165) is 17.5 Å². The van der Waals surface area contributed by atoms with Crippen LogP contribution in [0, 0.1) is 0 Å². The molecule has 2 aromatic rings. The van der Waals surface area contributed by atoms with Gasteiger partial charge in [-0.1, -0.05) is 37.3 Å². The highest BCUT2D eigenvalue weighted by Gasteiger charge is 2.10. The summed E-state index contributed by atoms with van der Waals surface area (Å²) in [4.78, 5) is 0.249. The Labute approximate surface area is 114 Å². The summed E-state index contributed by atoms with van der Waals surface area (Å²) in [6.45, 7) is 2.10. The van der Waals surface area contributed by atoms with E-state index in [4.69, 9.17) is 5.73 Å². The van der Waals surface area contributed by atoms with Gasteiger partial charge in [0.25, 0.3) is 0 Å². The van der Waals surface area contributed by atoms with Crippen molar-refractivity contribution >= 4 is 15.5 Å². The van der Waals surface area contributed by atoms with E-state index in [1.165, 1.54) is 17.9 Å². The standard InChI is InChI=1S/C15H17NO2S/c1-3-11-4-6-12(7-5-11)14-9-8-13(10-15(14)16)19(2,17)18/h4-10H,3,16H2,1-2H3. The molecule has 0 aromatic heterocycles. The molecule has 0 bridgehead atoms. The van der Waals surface area contributed by atoms with E-state index in [9.17, 15) is 8.42 Å². The van der Waals surface area contributed by atoms with Gasteiger partial charge in [-0.05, 0) is 29.7 Å². The maximum atomic E-state index is 11.5. The Balaban J connectivity index is 2.46. The van der Waals surface area contributed by atoms with Gasteiger partial charge in [0.2, 0.25) is 0 Å². The van der Waals surface area contributed by atoms with Crippen LogP contribution in [0.1, 0.15) is 12.5 Å². The molecule has 0 heterocycles. The van der Waals surface area contributed by atoms with Crippen LogP contribution in [-0.2, 0) is 16.3 Å². The summed E-state index contributed by atoms with van der Waals surface area (Å²) in [6.07, 6.45) is 2.17. The minimum Gasteiger partial charge on any atom is -0.398 e. The second-order valence-electron chi connectivity index (χ2n) is 4.57. The fourth-order valence-corrected chi connectivity index (χ4v) is 2.61. The first kappa shape index (κ1) is 13.6. The topological polar surface area (TPSA) is 60.2 Å². The van der Waals surface area contributed by atoms with Crippen LogP contribution in [0.2, 0.25) is 0 Å². The molecule has 0 aliphatic carbocycles. The molecule has 0 atom stereocenters. The zero-order valence-corrected chi connectivity index (χ0v) is 11.9. The highest BCUT2D eigenvalue weighted by molar-refractivity contribution is 7.90. The summed E-state index contributed by atoms with van der Waals surface area (Å²) in [7, 11) is -3.21. The van der Waals surface area contributed by atoms with Crippen LogP contribution in [0.25, 0.3) is 11.1 Å². The van der Waals surface area contributed by atoms with Gasteiger partial charge < -0.3 is 5.73 Å². The minimum absolute atomic E-state index is 0.249. The molecule has 100 valence electrons. The lowest BCUT2D eigenvalue weighted by Gasteiger charge is -2.08. The summed E-state index contributed by atoms with van der Waals surface area (Å²) in [5.74, 6) is 0. The number of hydrogen-bond donors (Lipinski definition) is 1. The van der Waals surface area contributed by atoms with Crippen LogP contribution in [0.15, 0.2) is 47.4 Å². The van der Waals surface area contributed by atoms with Gasteiger partial charge in [0.05, 0.1) is 4.90 Å². The molecule has 0 amide bonds. The molecule has 19 heavy (non-hydrogen) atoms. The molecule has 0 fully saturated rings. The Kier molecular flexibility index (Phi) is 3.62. The Hall–Kier alpha value is -1.81. The first-order valence-electron chi connectivity index (χ1n) is 6.10. The molecule has 3 nitrogen and oxygen atoms in total. The zero-order chi connectivity index (χ0) is 14.0. The van der Waals surface area contributed by atoms with E-state index in [2.05, 4.69) is 19.1 Å². The number of nitrogens with two attached hydrogens (primary N) is 1. The second-order valence-corrected chi connectivity index (χ2v) is 6.59. The van der Waals surface area contributed by atoms with Gasteiger partial charge in [-0.2, -0.15) is 0 Å². The van der Waals surface area contributed by atoms with Crippen molar-refractivity contribution in [3.63, 3.8) is 0 Å². The Morgan fingerprint density at radius 1 is 1.05 bits per heavy atom. The van der Waals surface area contributed by atoms with E-state index in [1.54, 1.807) is 12.1 Å².